The Balaban J connectivity index is 2.45. The molecule has 0 radical (unpaired) electrons. The van der Waals surface area contributed by atoms with E-state index in [1.54, 1.807) is 6.07 Å². The van der Waals surface area contributed by atoms with E-state index in [0.717, 1.165) is 5.56 Å². The molecule has 3 N–H and O–H groups in total. The summed E-state index contributed by atoms with van der Waals surface area (Å²) in [7, 11) is 0. The molecular weight excluding hydrogens is 158 g/mol. The highest BCUT2D eigenvalue weighted by atomic mass is 16.7. The van der Waals surface area contributed by atoms with Gasteiger partial charge >= 0.3 is 0 Å². The van der Waals surface area contributed by atoms with E-state index in [9.17, 15) is 4.79 Å². The predicted molar refractivity (Wildman–Crippen MR) is 41.2 cm³/mol. The number of amides is 1. The minimum absolute atomic E-state index is 0.404. The first-order chi connectivity index (χ1) is 5.77. The number of aromatic nitrogens is 1. The van der Waals surface area contributed by atoms with Crippen molar-refractivity contribution < 1.29 is 9.63 Å². The van der Waals surface area contributed by atoms with Crippen molar-refractivity contribution in [1.29, 1.82) is 0 Å². The molecule has 0 spiro atoms. The number of fused-ring (bicyclic) bond motifs is 1. The first-order valence-corrected chi connectivity index (χ1v) is 3.44. The van der Waals surface area contributed by atoms with Crippen LogP contribution >= 0.6 is 0 Å². The van der Waals surface area contributed by atoms with Crippen molar-refractivity contribution in [1.82, 2.24) is 4.98 Å². The summed E-state index contributed by atoms with van der Waals surface area (Å²) in [5.41, 5.74) is 8.93. The maximum Gasteiger partial charge on any atom is 0.250 e. The number of carbonyl (C=O) groups is 1. The van der Waals surface area contributed by atoms with Gasteiger partial charge in [-0.15, -0.1) is 0 Å². The van der Waals surface area contributed by atoms with Gasteiger partial charge in [0.1, 0.15) is 6.61 Å². The fourth-order valence-corrected chi connectivity index (χ4v) is 1.03. The average Bonchev–Trinajstić information content (AvgIpc) is 2.49. The Bertz CT molecular complexity index is 337. The minimum Gasteiger partial charge on any atom is -0.366 e. The maximum absolute atomic E-state index is 10.7. The van der Waals surface area contributed by atoms with E-state index in [4.69, 9.17) is 10.6 Å². The molecule has 0 aliphatic carbocycles. The fraction of sp³-hybridized carbons (Fsp3) is 0.143. The summed E-state index contributed by atoms with van der Waals surface area (Å²) < 4.78 is 0. The highest BCUT2D eigenvalue weighted by molar-refractivity contribution is 5.92. The third-order valence-corrected chi connectivity index (χ3v) is 1.65. The zero-order chi connectivity index (χ0) is 8.55. The molecule has 62 valence electrons. The van der Waals surface area contributed by atoms with Gasteiger partial charge in [0.25, 0.3) is 0 Å². The number of nitrogens with two attached hydrogens (primary N) is 1. The number of hydrogen-bond acceptors (Lipinski definition) is 4. The average molecular weight is 165 g/mol. The van der Waals surface area contributed by atoms with Crippen molar-refractivity contribution in [2.75, 3.05) is 5.48 Å². The molecule has 5 heteroatoms. The molecule has 0 unspecified atom stereocenters. The molecule has 1 aromatic rings. The predicted octanol–water partition coefficient (Wildman–Crippen LogP) is 0.0376. The van der Waals surface area contributed by atoms with Crippen molar-refractivity contribution in [3.8, 4) is 0 Å². The van der Waals surface area contributed by atoms with E-state index < -0.39 is 5.91 Å². The van der Waals surface area contributed by atoms with Crippen LogP contribution < -0.4 is 11.2 Å². The van der Waals surface area contributed by atoms with Crippen LogP contribution in [0.4, 0.5) is 5.82 Å². The molecule has 2 heterocycles. The number of carbonyl (C=O) groups excluding carboxylic acids is 1. The lowest BCUT2D eigenvalue weighted by atomic mass is 10.2. The molecule has 2 rings (SSSR count). The Hall–Kier alpha value is -1.62. The number of nitrogens with one attached hydrogen (secondary N) is 1. The van der Waals surface area contributed by atoms with E-state index in [-0.39, 0.29) is 0 Å². The van der Waals surface area contributed by atoms with Crippen LogP contribution in [0.15, 0.2) is 12.3 Å². The van der Waals surface area contributed by atoms with Crippen LogP contribution in [0.2, 0.25) is 0 Å². The van der Waals surface area contributed by atoms with Crippen molar-refractivity contribution in [2.45, 2.75) is 6.61 Å². The zero-order valence-corrected chi connectivity index (χ0v) is 6.20. The topological polar surface area (TPSA) is 77.2 Å². The van der Waals surface area contributed by atoms with Gasteiger partial charge in [0.05, 0.1) is 5.56 Å². The lowest BCUT2D eigenvalue weighted by Gasteiger charge is -1.97. The van der Waals surface area contributed by atoms with Crippen LogP contribution in [0.3, 0.4) is 0 Å². The number of primary amides is 1. The smallest absolute Gasteiger partial charge is 0.250 e. The quantitative estimate of drug-likeness (QED) is 0.615. The second kappa shape index (κ2) is 2.46. The first kappa shape index (κ1) is 7.05. The number of nitrogens with zero attached hydrogens (tertiary/aromatic N) is 1. The lowest BCUT2D eigenvalue weighted by molar-refractivity contribution is 0.1000. The van der Waals surface area contributed by atoms with Crippen LogP contribution in [-0.4, -0.2) is 10.9 Å². The Morgan fingerprint density at radius 1 is 1.75 bits per heavy atom. The molecule has 0 fully saturated rings. The summed E-state index contributed by atoms with van der Waals surface area (Å²) >= 11 is 0. The highest BCUT2D eigenvalue weighted by Gasteiger charge is 2.13. The molecule has 1 amide bonds. The van der Waals surface area contributed by atoms with E-state index in [1.165, 1.54) is 6.20 Å². The minimum atomic E-state index is -0.475. The second-order valence-corrected chi connectivity index (χ2v) is 2.49. The van der Waals surface area contributed by atoms with Gasteiger partial charge in [0, 0.05) is 11.8 Å². The zero-order valence-electron chi connectivity index (χ0n) is 6.20. The molecule has 0 saturated carbocycles. The summed E-state index contributed by atoms with van der Waals surface area (Å²) in [4.78, 5) is 19.6. The molecule has 0 atom stereocenters. The molecular formula is C7H7N3O2. The van der Waals surface area contributed by atoms with Crippen LogP contribution in [0.1, 0.15) is 15.9 Å². The van der Waals surface area contributed by atoms with E-state index in [1.807, 2.05) is 0 Å². The van der Waals surface area contributed by atoms with Crippen molar-refractivity contribution in [3.05, 3.63) is 23.4 Å². The Kier molecular flexibility index (Phi) is 1.44. The standard InChI is InChI=1S/C7H7N3O2/c8-6(11)4-1-5-3-12-10-7(5)9-2-4/h1-2H,3H2,(H2,8,11)(H,9,10). The fourth-order valence-electron chi connectivity index (χ4n) is 1.03. The molecule has 1 aliphatic heterocycles. The third-order valence-electron chi connectivity index (χ3n) is 1.65. The van der Waals surface area contributed by atoms with Crippen molar-refractivity contribution in [3.63, 3.8) is 0 Å². The monoisotopic (exact) mass is 165 g/mol. The Labute approximate surface area is 68.5 Å². The summed E-state index contributed by atoms with van der Waals surface area (Å²) in [6, 6.07) is 1.67. The van der Waals surface area contributed by atoms with E-state index >= 15 is 0 Å². The summed E-state index contributed by atoms with van der Waals surface area (Å²) in [6.07, 6.45) is 1.42. The van der Waals surface area contributed by atoms with Gasteiger partial charge in [-0.25, -0.2) is 10.5 Å². The Morgan fingerprint density at radius 2 is 2.58 bits per heavy atom. The molecule has 12 heavy (non-hydrogen) atoms. The maximum atomic E-state index is 10.7. The summed E-state index contributed by atoms with van der Waals surface area (Å²) in [6.45, 7) is 0.420. The number of pyridine rings is 1. The summed E-state index contributed by atoms with van der Waals surface area (Å²) in [5.74, 6) is 0.178. The van der Waals surface area contributed by atoms with Crippen LogP contribution in [0, 0.1) is 0 Å². The molecule has 1 aliphatic rings. The molecule has 5 nitrogen and oxygen atoms in total. The summed E-state index contributed by atoms with van der Waals surface area (Å²) in [5, 5.41) is 0. The lowest BCUT2D eigenvalue weighted by Crippen LogP contribution is -2.11. The number of rotatable bonds is 1. The van der Waals surface area contributed by atoms with E-state index in [0.29, 0.717) is 18.0 Å². The highest BCUT2D eigenvalue weighted by Crippen LogP contribution is 2.20. The first-order valence-electron chi connectivity index (χ1n) is 3.44. The largest absolute Gasteiger partial charge is 0.366 e. The molecule has 0 bridgehead atoms. The molecule has 1 aromatic heterocycles. The number of anilines is 1. The second-order valence-electron chi connectivity index (χ2n) is 2.49. The van der Waals surface area contributed by atoms with Crippen molar-refractivity contribution in [2.24, 2.45) is 5.73 Å². The molecule has 0 aromatic carbocycles. The van der Waals surface area contributed by atoms with Gasteiger partial charge in [-0.1, -0.05) is 0 Å². The van der Waals surface area contributed by atoms with Gasteiger partial charge in [-0.2, -0.15) is 0 Å². The normalized spacial score (nSPS) is 13.7. The van der Waals surface area contributed by atoms with Crippen LogP contribution in [0.5, 0.6) is 0 Å². The van der Waals surface area contributed by atoms with Crippen LogP contribution in [0.25, 0.3) is 0 Å². The van der Waals surface area contributed by atoms with Gasteiger partial charge in [0.15, 0.2) is 5.82 Å². The van der Waals surface area contributed by atoms with E-state index in [2.05, 4.69) is 10.5 Å². The van der Waals surface area contributed by atoms with Crippen molar-refractivity contribution >= 4 is 11.7 Å². The number of hydrogen-bond donors (Lipinski definition) is 2. The van der Waals surface area contributed by atoms with Crippen LogP contribution in [-0.2, 0) is 11.4 Å². The van der Waals surface area contributed by atoms with Gasteiger partial charge < -0.3 is 5.73 Å². The van der Waals surface area contributed by atoms with Gasteiger partial charge in [-0.3, -0.25) is 9.63 Å². The van der Waals surface area contributed by atoms with Gasteiger partial charge in [0.2, 0.25) is 5.91 Å². The van der Waals surface area contributed by atoms with Gasteiger partial charge in [-0.05, 0) is 6.07 Å². The Morgan fingerprint density at radius 3 is 3.33 bits per heavy atom. The SMILES string of the molecule is NC(=O)c1cnc2c(c1)CON2. The molecule has 0 saturated heterocycles. The third kappa shape index (κ3) is 0.998.